The van der Waals surface area contributed by atoms with Crippen molar-refractivity contribution in [2.75, 3.05) is 0 Å². The number of rotatable bonds is 4. The van der Waals surface area contributed by atoms with Gasteiger partial charge in [0.25, 0.3) is 0 Å². The summed E-state index contributed by atoms with van der Waals surface area (Å²) in [5.74, 6) is 1.79. The lowest BCUT2D eigenvalue weighted by molar-refractivity contribution is 1.08. The van der Waals surface area contributed by atoms with Crippen LogP contribution in [0.1, 0.15) is 0 Å². The van der Waals surface area contributed by atoms with Crippen LogP contribution in [0.3, 0.4) is 0 Å². The molecule has 0 N–H and O–H groups in total. The third-order valence-electron chi connectivity index (χ3n) is 6.51. The van der Waals surface area contributed by atoms with Gasteiger partial charge in [-0.2, -0.15) is 0 Å². The highest BCUT2D eigenvalue weighted by molar-refractivity contribution is 5.95. The highest BCUT2D eigenvalue weighted by atomic mass is 15.0. The quantitative estimate of drug-likeness (QED) is 0.265. The van der Waals surface area contributed by atoms with Crippen molar-refractivity contribution < 1.29 is 0 Å². The van der Waals surface area contributed by atoms with Crippen molar-refractivity contribution in [2.24, 2.45) is 0 Å². The van der Waals surface area contributed by atoms with E-state index in [9.17, 15) is 0 Å². The minimum Gasteiger partial charge on any atom is -0.256 e. The molecular weight excluding hydrogens is 468 g/mol. The Bertz CT molecular complexity index is 1810. The zero-order chi connectivity index (χ0) is 25.3. The lowest BCUT2D eigenvalue weighted by Crippen LogP contribution is -2.01. The monoisotopic (exact) mass is 488 g/mol. The van der Waals surface area contributed by atoms with Crippen molar-refractivity contribution in [3.63, 3.8) is 0 Å². The number of hydrogen-bond donors (Lipinski definition) is 0. The Morgan fingerprint density at radius 2 is 0.921 bits per heavy atom. The summed E-state index contributed by atoms with van der Waals surface area (Å²) in [7, 11) is 0. The van der Waals surface area contributed by atoms with E-state index in [1.165, 1.54) is 0 Å². The topological polar surface area (TPSA) is 77.3 Å². The lowest BCUT2D eigenvalue weighted by Gasteiger charge is -2.11. The van der Waals surface area contributed by atoms with Gasteiger partial charge in [-0.15, -0.1) is 0 Å². The third-order valence-corrected chi connectivity index (χ3v) is 6.51. The summed E-state index contributed by atoms with van der Waals surface area (Å²) < 4.78 is 0. The Morgan fingerprint density at radius 1 is 0.368 bits per heavy atom. The van der Waals surface area contributed by atoms with Crippen LogP contribution in [0.25, 0.3) is 67.2 Å². The smallest absolute Gasteiger partial charge is 0.164 e. The van der Waals surface area contributed by atoms with Crippen LogP contribution in [0.15, 0.2) is 122 Å². The second-order valence-corrected chi connectivity index (χ2v) is 8.85. The van der Waals surface area contributed by atoms with Crippen LogP contribution >= 0.6 is 0 Å². The SMILES string of the molecule is c1ccc(-c2ccc(-c3nc(-c4cccc5ncccc45)nc(-c4cccc5ncccc45)n3)cc2)nc1. The van der Waals surface area contributed by atoms with Crippen molar-refractivity contribution in [2.45, 2.75) is 0 Å². The molecule has 0 saturated carbocycles. The van der Waals surface area contributed by atoms with Gasteiger partial charge in [-0.05, 0) is 36.4 Å². The third kappa shape index (κ3) is 3.94. The predicted molar refractivity (Wildman–Crippen MR) is 150 cm³/mol. The molecule has 0 aliphatic rings. The molecule has 0 spiro atoms. The van der Waals surface area contributed by atoms with Crippen molar-refractivity contribution >= 4 is 21.8 Å². The molecule has 4 aromatic heterocycles. The second-order valence-electron chi connectivity index (χ2n) is 8.85. The Kier molecular flexibility index (Phi) is 5.33. The van der Waals surface area contributed by atoms with E-state index in [2.05, 4.69) is 15.0 Å². The number of pyridine rings is 3. The van der Waals surface area contributed by atoms with Crippen molar-refractivity contribution in [3.8, 4) is 45.4 Å². The molecule has 3 aromatic carbocycles. The number of fused-ring (bicyclic) bond motifs is 2. The highest BCUT2D eigenvalue weighted by Crippen LogP contribution is 2.31. The van der Waals surface area contributed by atoms with Crippen LogP contribution in [0, 0.1) is 0 Å². The van der Waals surface area contributed by atoms with Crippen LogP contribution in [0.2, 0.25) is 0 Å². The molecule has 6 heteroatoms. The summed E-state index contributed by atoms with van der Waals surface area (Å²) in [6.07, 6.45) is 5.39. The van der Waals surface area contributed by atoms with E-state index in [1.54, 1.807) is 18.6 Å². The molecule has 0 saturated heterocycles. The Labute approximate surface area is 218 Å². The minimum absolute atomic E-state index is 0.596. The van der Waals surface area contributed by atoms with Gasteiger partial charge in [0, 0.05) is 51.6 Å². The molecule has 4 heterocycles. The first-order valence-corrected chi connectivity index (χ1v) is 12.3. The Morgan fingerprint density at radius 3 is 1.50 bits per heavy atom. The lowest BCUT2D eigenvalue weighted by atomic mass is 10.1. The molecule has 0 atom stereocenters. The van der Waals surface area contributed by atoms with E-state index in [1.807, 2.05) is 103 Å². The number of nitrogens with zero attached hydrogens (tertiary/aromatic N) is 6. The number of aromatic nitrogens is 6. The van der Waals surface area contributed by atoms with E-state index < -0.39 is 0 Å². The first kappa shape index (κ1) is 21.9. The molecule has 0 amide bonds. The van der Waals surface area contributed by atoms with E-state index in [0.717, 1.165) is 49.8 Å². The molecule has 178 valence electrons. The maximum absolute atomic E-state index is 4.98. The molecule has 0 aliphatic carbocycles. The number of benzene rings is 3. The van der Waals surface area contributed by atoms with Gasteiger partial charge >= 0.3 is 0 Å². The fourth-order valence-corrected chi connectivity index (χ4v) is 4.67. The van der Waals surface area contributed by atoms with Crippen molar-refractivity contribution in [1.82, 2.24) is 29.9 Å². The van der Waals surface area contributed by atoms with Crippen LogP contribution in [-0.4, -0.2) is 29.9 Å². The normalized spacial score (nSPS) is 11.2. The van der Waals surface area contributed by atoms with Crippen LogP contribution in [0.4, 0.5) is 0 Å². The molecule has 0 aliphatic heterocycles. The fraction of sp³-hybridized carbons (Fsp3) is 0. The molecule has 0 bridgehead atoms. The van der Waals surface area contributed by atoms with Gasteiger partial charge in [0.05, 0.1) is 16.7 Å². The van der Waals surface area contributed by atoms with E-state index in [-0.39, 0.29) is 0 Å². The van der Waals surface area contributed by atoms with Gasteiger partial charge in [-0.1, -0.05) is 66.7 Å². The summed E-state index contributed by atoms with van der Waals surface area (Å²) in [4.78, 5) is 28.4. The van der Waals surface area contributed by atoms with Crippen LogP contribution < -0.4 is 0 Å². The van der Waals surface area contributed by atoms with E-state index in [0.29, 0.717) is 17.5 Å². The summed E-state index contributed by atoms with van der Waals surface area (Å²) >= 11 is 0. The zero-order valence-electron chi connectivity index (χ0n) is 20.2. The Balaban J connectivity index is 1.44. The minimum atomic E-state index is 0.596. The van der Waals surface area contributed by atoms with Crippen LogP contribution in [-0.2, 0) is 0 Å². The number of hydrogen-bond acceptors (Lipinski definition) is 6. The average Bonchev–Trinajstić information content (AvgIpc) is 3.01. The molecule has 0 fully saturated rings. The van der Waals surface area contributed by atoms with Gasteiger partial charge in [0.2, 0.25) is 0 Å². The largest absolute Gasteiger partial charge is 0.256 e. The molecule has 7 rings (SSSR count). The zero-order valence-corrected chi connectivity index (χ0v) is 20.2. The van der Waals surface area contributed by atoms with E-state index >= 15 is 0 Å². The summed E-state index contributed by atoms with van der Waals surface area (Å²) in [5, 5.41) is 1.98. The molecule has 38 heavy (non-hydrogen) atoms. The Hall–Kier alpha value is -5.36. The first-order valence-electron chi connectivity index (χ1n) is 12.3. The molecule has 6 nitrogen and oxygen atoms in total. The van der Waals surface area contributed by atoms with Gasteiger partial charge in [0.1, 0.15) is 0 Å². The average molecular weight is 489 g/mol. The molecular formula is C32H20N6. The highest BCUT2D eigenvalue weighted by Gasteiger charge is 2.16. The maximum Gasteiger partial charge on any atom is 0.164 e. The standard InChI is InChI=1S/C32H20N6/c1-2-18-33-27(11-1)21-14-16-22(17-15-21)30-36-31(25-7-3-12-28-23(25)9-5-19-34-28)38-32(37-30)26-8-4-13-29-24(26)10-6-20-35-29/h1-20H. The van der Waals surface area contributed by atoms with E-state index in [4.69, 9.17) is 15.0 Å². The molecule has 0 radical (unpaired) electrons. The van der Waals surface area contributed by atoms with Gasteiger partial charge in [-0.3, -0.25) is 15.0 Å². The fourth-order valence-electron chi connectivity index (χ4n) is 4.67. The molecule has 0 unspecified atom stereocenters. The summed E-state index contributed by atoms with van der Waals surface area (Å²) in [6.45, 7) is 0. The summed E-state index contributed by atoms with van der Waals surface area (Å²) in [5.41, 5.74) is 6.44. The predicted octanol–water partition coefficient (Wildman–Crippen LogP) is 7.03. The van der Waals surface area contributed by atoms with Gasteiger partial charge in [-0.25, -0.2) is 15.0 Å². The van der Waals surface area contributed by atoms with Crippen molar-refractivity contribution in [1.29, 1.82) is 0 Å². The summed E-state index contributed by atoms with van der Waals surface area (Å²) in [6, 6.07) is 34.0. The first-order chi connectivity index (χ1) is 18.8. The van der Waals surface area contributed by atoms with Gasteiger partial charge in [0.15, 0.2) is 17.5 Å². The van der Waals surface area contributed by atoms with Gasteiger partial charge < -0.3 is 0 Å². The molecule has 7 aromatic rings. The second kappa shape index (κ2) is 9.26. The van der Waals surface area contributed by atoms with Crippen LogP contribution in [0.5, 0.6) is 0 Å². The maximum atomic E-state index is 4.98. The van der Waals surface area contributed by atoms with Crippen molar-refractivity contribution in [3.05, 3.63) is 122 Å².